The quantitative estimate of drug-likeness (QED) is 0.0738. The van der Waals surface area contributed by atoms with Crippen LogP contribution in [0.15, 0.2) is 282 Å². The molecule has 12 nitrogen and oxygen atoms in total. The van der Waals surface area contributed by atoms with Crippen molar-refractivity contribution >= 4 is 43.1 Å². The van der Waals surface area contributed by atoms with E-state index in [0.29, 0.717) is 25.2 Å². The number of sulfone groups is 1. The Kier molecular flexibility index (Phi) is 17.6. The summed E-state index contributed by atoms with van der Waals surface area (Å²) in [4.78, 5) is 13.5. The van der Waals surface area contributed by atoms with Crippen LogP contribution in [-0.2, 0) is 54.1 Å². The van der Waals surface area contributed by atoms with Gasteiger partial charge in [-0.2, -0.15) is 0 Å². The van der Waals surface area contributed by atoms with Crippen molar-refractivity contribution in [3.63, 3.8) is 0 Å². The Bertz CT molecular complexity index is 4220. The second kappa shape index (κ2) is 26.2. The SMILES string of the molecule is C.O=S(=O)(c1ccccc1)c1nnc(Cc2cccc3ccccc23)n1CCCc1cnc[nH]1.c1ccc(Sc2nnc(Cc3cccc4ccccc34)n2CCCc2cn(C(c3ccccc3)(c3ccccc3)c3ccccc3)cn2)cc1. The Balaban J connectivity index is 0.000000188. The van der Waals surface area contributed by atoms with Gasteiger partial charge in [0, 0.05) is 48.9 Å². The number of fused-ring (bicyclic) bond motifs is 2. The lowest BCUT2D eigenvalue weighted by Crippen LogP contribution is -2.36. The Hall–Kier alpha value is -9.50. The molecule has 0 saturated carbocycles. The number of aryl methyl sites for hydroxylation is 2. The van der Waals surface area contributed by atoms with E-state index in [9.17, 15) is 8.42 Å². The lowest BCUT2D eigenvalue weighted by molar-refractivity contribution is 0.513. The third kappa shape index (κ3) is 12.2. The first-order valence-corrected chi connectivity index (χ1v) is 30.2. The Morgan fingerprint density at radius 2 is 0.988 bits per heavy atom. The van der Waals surface area contributed by atoms with Crippen LogP contribution in [0.2, 0.25) is 0 Å². The standard InChI is InChI=1S/C44H37N5S.C25H23N5O2S.CH4/c1-5-20-36(21-6-1)44(37-22-7-2-8-23-37,38-24-9-3-10-25-38)48-32-39(45-33-48)26-16-30-49-42(46-47-43(49)50-40-27-11-4-12-28-40)31-35-19-15-18-34-17-13-14-29-41(34)35;31-33(32,22-12-2-1-3-13-22)25-29-28-24(30(25)15-7-11-21-17-26-18-27-21)16-20-10-6-9-19-8-4-5-14-23(19)20;/h1-15,17-25,27-29,32-33H,16,26,30-31H2;1-6,8-10,12-14,17-18H,7,11,15-16H2,(H,26,27);1H4. The summed E-state index contributed by atoms with van der Waals surface area (Å²) in [5.74, 6) is 1.60. The van der Waals surface area contributed by atoms with Gasteiger partial charge in [0.15, 0.2) is 5.16 Å². The number of aromatic nitrogens is 10. The lowest BCUT2D eigenvalue weighted by atomic mass is 9.77. The highest BCUT2D eigenvalue weighted by Crippen LogP contribution is 2.41. The average Bonchev–Trinajstić information content (AvgIpc) is 3.29. The minimum atomic E-state index is -3.80. The Labute approximate surface area is 494 Å². The summed E-state index contributed by atoms with van der Waals surface area (Å²) in [7, 11) is -3.80. The highest BCUT2D eigenvalue weighted by molar-refractivity contribution is 7.99. The summed E-state index contributed by atoms with van der Waals surface area (Å²) in [5, 5.41) is 23.6. The molecule has 418 valence electrons. The fourth-order valence-corrected chi connectivity index (χ4v) is 13.3. The van der Waals surface area contributed by atoms with Crippen LogP contribution in [-0.4, -0.2) is 57.5 Å². The summed E-state index contributed by atoms with van der Waals surface area (Å²) in [6.45, 7) is 1.27. The molecule has 13 rings (SSSR count). The predicted molar refractivity (Wildman–Crippen MR) is 335 cm³/mol. The molecular weight excluding hydrogens is 1080 g/mol. The van der Waals surface area contributed by atoms with E-state index < -0.39 is 15.4 Å². The molecular formula is C70H64N10O2S2. The van der Waals surface area contributed by atoms with Gasteiger partial charge in [-0.1, -0.05) is 220 Å². The fourth-order valence-electron chi connectivity index (χ4n) is 11.1. The third-order valence-corrected chi connectivity index (χ3v) is 17.8. The summed E-state index contributed by atoms with van der Waals surface area (Å²) in [6.07, 6.45) is 12.1. The highest BCUT2D eigenvalue weighted by Gasteiger charge is 2.38. The molecule has 0 bridgehead atoms. The summed E-state index contributed by atoms with van der Waals surface area (Å²) < 4.78 is 33.1. The topological polar surface area (TPSA) is 142 Å². The van der Waals surface area contributed by atoms with E-state index in [1.54, 1.807) is 59.2 Å². The molecule has 0 unspecified atom stereocenters. The molecule has 0 atom stereocenters. The first kappa shape index (κ1) is 56.4. The number of benzene rings is 9. The van der Waals surface area contributed by atoms with Crippen LogP contribution in [0.4, 0.5) is 0 Å². The monoisotopic (exact) mass is 1140 g/mol. The minimum Gasteiger partial charge on any atom is -0.348 e. The van der Waals surface area contributed by atoms with E-state index in [1.807, 2.05) is 30.6 Å². The minimum absolute atomic E-state index is 0. The number of H-pyrrole nitrogens is 1. The molecule has 0 spiro atoms. The molecule has 4 heterocycles. The van der Waals surface area contributed by atoms with E-state index in [0.717, 1.165) is 75.8 Å². The van der Waals surface area contributed by atoms with Crippen molar-refractivity contribution in [2.75, 3.05) is 0 Å². The predicted octanol–water partition coefficient (Wildman–Crippen LogP) is 14.7. The number of imidazole rings is 2. The second-order valence-corrected chi connectivity index (χ2v) is 23.2. The van der Waals surface area contributed by atoms with Crippen LogP contribution >= 0.6 is 11.8 Å². The normalized spacial score (nSPS) is 11.5. The Morgan fingerprint density at radius 1 is 0.500 bits per heavy atom. The third-order valence-electron chi connectivity index (χ3n) is 15.1. The molecule has 0 amide bonds. The van der Waals surface area contributed by atoms with E-state index in [-0.39, 0.29) is 17.5 Å². The van der Waals surface area contributed by atoms with Gasteiger partial charge < -0.3 is 18.7 Å². The second-order valence-electron chi connectivity index (χ2n) is 20.3. The van der Waals surface area contributed by atoms with Crippen molar-refractivity contribution in [2.24, 2.45) is 0 Å². The maximum absolute atomic E-state index is 13.4. The summed E-state index contributed by atoms with van der Waals surface area (Å²) in [6, 6.07) is 80.4. The smallest absolute Gasteiger partial charge is 0.254 e. The van der Waals surface area contributed by atoms with Crippen molar-refractivity contribution in [2.45, 2.75) is 84.7 Å². The van der Waals surface area contributed by atoms with Gasteiger partial charge in [-0.25, -0.2) is 18.4 Å². The van der Waals surface area contributed by atoms with Crippen molar-refractivity contribution < 1.29 is 8.42 Å². The molecule has 13 aromatic rings. The first-order valence-electron chi connectivity index (χ1n) is 27.9. The van der Waals surface area contributed by atoms with Gasteiger partial charge in [0.25, 0.3) is 5.16 Å². The number of nitrogens with zero attached hydrogens (tertiary/aromatic N) is 9. The Morgan fingerprint density at radius 3 is 1.56 bits per heavy atom. The molecule has 9 aromatic carbocycles. The molecule has 0 fully saturated rings. The van der Waals surface area contributed by atoms with Crippen molar-refractivity contribution in [1.29, 1.82) is 0 Å². The fraction of sp³-hybridized carbons (Fsp3) is 0.143. The molecule has 84 heavy (non-hydrogen) atoms. The summed E-state index contributed by atoms with van der Waals surface area (Å²) >= 11 is 1.67. The van der Waals surface area contributed by atoms with Crippen LogP contribution in [0, 0.1) is 0 Å². The van der Waals surface area contributed by atoms with Crippen LogP contribution in [0.3, 0.4) is 0 Å². The average molecular weight is 1140 g/mol. The molecule has 0 aliphatic heterocycles. The first-order chi connectivity index (χ1) is 40.9. The molecule has 0 aliphatic rings. The van der Waals surface area contributed by atoms with Crippen molar-refractivity contribution in [1.82, 2.24) is 49.0 Å². The highest BCUT2D eigenvalue weighted by atomic mass is 32.2. The van der Waals surface area contributed by atoms with Gasteiger partial charge in [-0.3, -0.25) is 0 Å². The maximum Gasteiger partial charge on any atom is 0.254 e. The number of rotatable bonds is 20. The maximum atomic E-state index is 13.4. The van der Waals surface area contributed by atoms with E-state index >= 15 is 0 Å². The number of aromatic amines is 1. The molecule has 0 saturated heterocycles. The van der Waals surface area contributed by atoms with E-state index in [1.165, 1.54) is 33.0 Å². The molecule has 4 aromatic heterocycles. The van der Waals surface area contributed by atoms with E-state index in [2.05, 4.69) is 217 Å². The van der Waals surface area contributed by atoms with Crippen LogP contribution in [0.1, 0.15) is 71.1 Å². The van der Waals surface area contributed by atoms with Gasteiger partial charge >= 0.3 is 0 Å². The number of nitrogens with one attached hydrogen (secondary N) is 1. The molecule has 0 aliphatic carbocycles. The van der Waals surface area contributed by atoms with Crippen LogP contribution in [0.25, 0.3) is 21.5 Å². The lowest BCUT2D eigenvalue weighted by Gasteiger charge is -2.37. The van der Waals surface area contributed by atoms with Gasteiger partial charge in [0.05, 0.1) is 23.2 Å². The van der Waals surface area contributed by atoms with Gasteiger partial charge in [0.1, 0.15) is 17.2 Å². The van der Waals surface area contributed by atoms with Gasteiger partial charge in [0.2, 0.25) is 9.84 Å². The van der Waals surface area contributed by atoms with Gasteiger partial charge in [-0.15, -0.1) is 20.4 Å². The number of hydrogen-bond acceptors (Lipinski definition) is 9. The van der Waals surface area contributed by atoms with Crippen molar-refractivity contribution in [3.05, 3.63) is 312 Å². The molecule has 0 radical (unpaired) electrons. The summed E-state index contributed by atoms with van der Waals surface area (Å²) in [5.41, 5.74) is 7.38. The van der Waals surface area contributed by atoms with Crippen LogP contribution in [0.5, 0.6) is 0 Å². The largest absolute Gasteiger partial charge is 0.348 e. The van der Waals surface area contributed by atoms with Crippen LogP contribution < -0.4 is 0 Å². The zero-order valence-corrected chi connectivity index (χ0v) is 47.3. The zero-order valence-electron chi connectivity index (χ0n) is 45.6. The zero-order chi connectivity index (χ0) is 56.3. The molecule has 14 heteroatoms. The molecule has 1 N–H and O–H groups in total. The van der Waals surface area contributed by atoms with Gasteiger partial charge in [-0.05, 0) is 111 Å². The number of hydrogen-bond donors (Lipinski definition) is 1. The van der Waals surface area contributed by atoms with E-state index in [4.69, 9.17) is 15.2 Å². The van der Waals surface area contributed by atoms with Crippen molar-refractivity contribution in [3.8, 4) is 0 Å².